The number of rotatable bonds is 8. The number of para-hydroxylation sites is 1. The lowest BCUT2D eigenvalue weighted by Gasteiger charge is -2.33. The van der Waals surface area contributed by atoms with Crippen molar-refractivity contribution >= 4 is 34.1 Å². The van der Waals surface area contributed by atoms with E-state index in [4.69, 9.17) is 0 Å². The van der Waals surface area contributed by atoms with Crippen LogP contribution in [-0.4, -0.2) is 27.7 Å². The average Bonchev–Trinajstić information content (AvgIpc) is 3.55. The van der Waals surface area contributed by atoms with Crippen LogP contribution in [0, 0.1) is 0 Å². The summed E-state index contributed by atoms with van der Waals surface area (Å²) in [6, 6.07) is 21.2. The number of fused-ring (bicyclic) bond motifs is 1. The number of H-pyrrole nitrogens is 1. The predicted octanol–water partition coefficient (Wildman–Crippen LogP) is 5.99. The van der Waals surface area contributed by atoms with Gasteiger partial charge in [-0.05, 0) is 41.5 Å². The first-order chi connectivity index (χ1) is 17.2. The molecular weight excluding hydrogens is 454 g/mol. The minimum atomic E-state index is -0.682. The molecule has 5 nitrogen and oxygen atoms in total. The molecule has 1 aliphatic rings. The minimum Gasteiger partial charge on any atom is -0.361 e. The first kappa shape index (κ1) is 23.4. The van der Waals surface area contributed by atoms with Crippen molar-refractivity contribution in [3.05, 3.63) is 94.3 Å². The highest BCUT2D eigenvalue weighted by Crippen LogP contribution is 2.28. The van der Waals surface area contributed by atoms with Gasteiger partial charge in [-0.25, -0.2) is 0 Å². The van der Waals surface area contributed by atoms with Gasteiger partial charge in [0, 0.05) is 28.0 Å². The van der Waals surface area contributed by atoms with E-state index >= 15 is 0 Å². The molecule has 1 fully saturated rings. The van der Waals surface area contributed by atoms with Gasteiger partial charge < -0.3 is 15.2 Å². The van der Waals surface area contributed by atoms with Crippen LogP contribution in [0.15, 0.2) is 78.3 Å². The van der Waals surface area contributed by atoms with E-state index in [1.54, 1.807) is 16.2 Å². The molecule has 2 amide bonds. The summed E-state index contributed by atoms with van der Waals surface area (Å²) in [7, 11) is 0. The number of nitrogens with zero attached hydrogens (tertiary/aromatic N) is 1. The average molecular weight is 486 g/mol. The largest absolute Gasteiger partial charge is 0.361 e. The summed E-state index contributed by atoms with van der Waals surface area (Å²) in [4.78, 5) is 33.8. The Kier molecular flexibility index (Phi) is 7.28. The van der Waals surface area contributed by atoms with E-state index in [0.29, 0.717) is 6.54 Å². The van der Waals surface area contributed by atoms with Gasteiger partial charge in [0.2, 0.25) is 11.8 Å². The number of hydrogen-bond donors (Lipinski definition) is 2. The Balaban J connectivity index is 1.48. The van der Waals surface area contributed by atoms with Crippen LogP contribution < -0.4 is 5.32 Å². The summed E-state index contributed by atoms with van der Waals surface area (Å²) < 4.78 is 0. The van der Waals surface area contributed by atoms with Crippen molar-refractivity contribution in [1.29, 1.82) is 0 Å². The molecule has 2 N–H and O–H groups in total. The fourth-order valence-corrected chi connectivity index (χ4v) is 5.77. The van der Waals surface area contributed by atoms with E-state index in [1.807, 2.05) is 78.3 Å². The number of carbonyl (C=O) groups excluding carboxylic acids is 2. The molecule has 1 saturated carbocycles. The third-order valence-electron chi connectivity index (χ3n) is 6.87. The number of nitrogens with one attached hydrogen (secondary N) is 2. The standard InChI is InChI=1S/C29H31N3O2S/c33-27(18-22-19-30-26-16-8-7-15-25(22)26)32(20-24-14-9-17-35-24)28(21-10-3-1-4-11-21)29(34)31-23-12-5-2-6-13-23/h1,3-4,7-11,14-17,19,23,28,30H,2,5-6,12-13,18,20H2,(H,31,34). The van der Waals surface area contributed by atoms with Gasteiger partial charge in [-0.2, -0.15) is 0 Å². The maximum absolute atomic E-state index is 13.9. The molecule has 0 aliphatic heterocycles. The van der Waals surface area contributed by atoms with Gasteiger partial charge in [-0.1, -0.05) is 73.9 Å². The second kappa shape index (κ2) is 10.9. The summed E-state index contributed by atoms with van der Waals surface area (Å²) in [5.41, 5.74) is 2.79. The van der Waals surface area contributed by atoms with E-state index in [1.165, 1.54) is 6.42 Å². The van der Waals surface area contributed by atoms with Gasteiger partial charge in [0.25, 0.3) is 0 Å². The van der Waals surface area contributed by atoms with Gasteiger partial charge in [-0.15, -0.1) is 11.3 Å². The Hall–Kier alpha value is -3.38. The SMILES string of the molecule is O=C(NC1CCCCC1)C(c1ccccc1)N(Cc1cccs1)C(=O)Cc1c[nH]c2ccccc12. The highest BCUT2D eigenvalue weighted by atomic mass is 32.1. The third-order valence-corrected chi connectivity index (χ3v) is 7.73. The first-order valence-electron chi connectivity index (χ1n) is 12.4. The number of aromatic amines is 1. The van der Waals surface area contributed by atoms with Crippen LogP contribution in [0.1, 0.15) is 54.1 Å². The maximum Gasteiger partial charge on any atom is 0.247 e. The second-order valence-electron chi connectivity index (χ2n) is 9.29. The first-order valence-corrected chi connectivity index (χ1v) is 13.3. The van der Waals surface area contributed by atoms with Crippen LogP contribution in [0.5, 0.6) is 0 Å². The normalized spacial score (nSPS) is 15.1. The van der Waals surface area contributed by atoms with Crippen molar-refractivity contribution in [3.8, 4) is 0 Å². The van der Waals surface area contributed by atoms with Crippen LogP contribution in [0.2, 0.25) is 0 Å². The molecular formula is C29H31N3O2S. The smallest absolute Gasteiger partial charge is 0.247 e. The highest BCUT2D eigenvalue weighted by Gasteiger charge is 2.33. The topological polar surface area (TPSA) is 65.2 Å². The molecule has 2 heterocycles. The zero-order valence-electron chi connectivity index (χ0n) is 19.8. The molecule has 1 unspecified atom stereocenters. The molecule has 1 aliphatic carbocycles. The predicted molar refractivity (Wildman–Crippen MR) is 141 cm³/mol. The van der Waals surface area contributed by atoms with Gasteiger partial charge in [0.1, 0.15) is 6.04 Å². The minimum absolute atomic E-state index is 0.0594. The fourth-order valence-electron chi connectivity index (χ4n) is 5.07. The molecule has 2 aromatic carbocycles. The summed E-state index contributed by atoms with van der Waals surface area (Å²) in [6.45, 7) is 0.399. The number of aromatic nitrogens is 1. The molecule has 5 rings (SSSR count). The molecule has 180 valence electrons. The summed E-state index contributed by atoms with van der Waals surface area (Å²) in [5, 5.41) is 6.34. The molecule has 35 heavy (non-hydrogen) atoms. The van der Waals surface area contributed by atoms with Crippen molar-refractivity contribution in [3.63, 3.8) is 0 Å². The van der Waals surface area contributed by atoms with Crippen LogP contribution >= 0.6 is 11.3 Å². The third kappa shape index (κ3) is 5.49. The molecule has 0 spiro atoms. The van der Waals surface area contributed by atoms with Crippen LogP contribution in [-0.2, 0) is 22.6 Å². The van der Waals surface area contributed by atoms with Crippen molar-refractivity contribution in [2.75, 3.05) is 0 Å². The van der Waals surface area contributed by atoms with Gasteiger partial charge in [0.05, 0.1) is 13.0 Å². The summed E-state index contributed by atoms with van der Waals surface area (Å²) in [5.74, 6) is -0.150. The van der Waals surface area contributed by atoms with Crippen LogP contribution in [0.25, 0.3) is 10.9 Å². The van der Waals surface area contributed by atoms with E-state index < -0.39 is 6.04 Å². The number of benzene rings is 2. The van der Waals surface area contributed by atoms with E-state index in [9.17, 15) is 9.59 Å². The van der Waals surface area contributed by atoms with E-state index in [2.05, 4.69) is 10.3 Å². The molecule has 4 aromatic rings. The lowest BCUT2D eigenvalue weighted by molar-refractivity contribution is -0.141. The van der Waals surface area contributed by atoms with Gasteiger partial charge >= 0.3 is 0 Å². The van der Waals surface area contributed by atoms with E-state index in [-0.39, 0.29) is 24.3 Å². The Morgan fingerprint density at radius 3 is 2.51 bits per heavy atom. The van der Waals surface area contributed by atoms with Crippen molar-refractivity contribution in [2.45, 2.75) is 57.2 Å². The van der Waals surface area contributed by atoms with Gasteiger partial charge in [-0.3, -0.25) is 9.59 Å². The quantitative estimate of drug-likeness (QED) is 0.322. The number of amides is 2. The lowest BCUT2D eigenvalue weighted by Crippen LogP contribution is -2.47. The Bertz CT molecular complexity index is 1260. The lowest BCUT2D eigenvalue weighted by atomic mass is 9.94. The Labute approximate surface area is 210 Å². The molecule has 6 heteroatoms. The molecule has 2 aromatic heterocycles. The van der Waals surface area contributed by atoms with E-state index in [0.717, 1.165) is 52.6 Å². The van der Waals surface area contributed by atoms with Crippen LogP contribution in [0.3, 0.4) is 0 Å². The number of hydrogen-bond acceptors (Lipinski definition) is 3. The van der Waals surface area contributed by atoms with Gasteiger partial charge in [0.15, 0.2) is 0 Å². The zero-order valence-corrected chi connectivity index (χ0v) is 20.6. The molecule has 1 atom stereocenters. The van der Waals surface area contributed by atoms with Crippen molar-refractivity contribution in [2.24, 2.45) is 0 Å². The second-order valence-corrected chi connectivity index (χ2v) is 10.3. The Morgan fingerprint density at radius 1 is 0.971 bits per heavy atom. The molecule has 0 radical (unpaired) electrons. The van der Waals surface area contributed by atoms with Crippen molar-refractivity contribution in [1.82, 2.24) is 15.2 Å². The zero-order chi connectivity index (χ0) is 24.0. The summed E-state index contributed by atoms with van der Waals surface area (Å²) >= 11 is 1.61. The number of carbonyl (C=O) groups is 2. The molecule has 0 bridgehead atoms. The number of thiophene rings is 1. The van der Waals surface area contributed by atoms with Crippen molar-refractivity contribution < 1.29 is 9.59 Å². The van der Waals surface area contributed by atoms with Crippen LogP contribution in [0.4, 0.5) is 0 Å². The Morgan fingerprint density at radius 2 is 1.74 bits per heavy atom. The molecule has 0 saturated heterocycles. The fraction of sp³-hybridized carbons (Fsp3) is 0.310. The summed E-state index contributed by atoms with van der Waals surface area (Å²) in [6.07, 6.45) is 7.64. The monoisotopic (exact) mass is 485 g/mol. The maximum atomic E-state index is 13.9. The highest BCUT2D eigenvalue weighted by molar-refractivity contribution is 7.09.